The van der Waals surface area contributed by atoms with E-state index in [1.165, 1.54) is 0 Å². The van der Waals surface area contributed by atoms with Gasteiger partial charge in [-0.15, -0.1) is 11.8 Å². The van der Waals surface area contributed by atoms with Gasteiger partial charge >= 0.3 is 0 Å². The van der Waals surface area contributed by atoms with E-state index >= 15 is 0 Å². The summed E-state index contributed by atoms with van der Waals surface area (Å²) >= 11 is 13.5. The molecule has 0 fully saturated rings. The number of hydrogen-bond donors (Lipinski definition) is 1. The number of thioether (sulfide) groups is 1. The zero-order chi connectivity index (χ0) is 15.9. The Morgan fingerprint density at radius 3 is 2.55 bits per heavy atom. The van der Waals surface area contributed by atoms with E-state index in [0.29, 0.717) is 27.9 Å². The van der Waals surface area contributed by atoms with E-state index in [1.807, 2.05) is 18.2 Å². The molecule has 0 aromatic heterocycles. The van der Waals surface area contributed by atoms with Gasteiger partial charge in [0.2, 0.25) is 0 Å². The van der Waals surface area contributed by atoms with Crippen molar-refractivity contribution in [3.05, 3.63) is 58.1 Å². The van der Waals surface area contributed by atoms with Crippen molar-refractivity contribution in [3.63, 3.8) is 0 Å². The number of amides is 1. The van der Waals surface area contributed by atoms with Crippen molar-refractivity contribution in [2.45, 2.75) is 4.90 Å². The van der Waals surface area contributed by atoms with Crippen LogP contribution < -0.4 is 5.32 Å². The summed E-state index contributed by atoms with van der Waals surface area (Å²) in [6.07, 6.45) is 0. The smallest absolute Gasteiger partial charge is 0.256 e. The minimum atomic E-state index is -0.196. The molecule has 0 aliphatic heterocycles. The topological polar surface area (TPSA) is 38.3 Å². The highest BCUT2D eigenvalue weighted by Crippen LogP contribution is 2.26. The van der Waals surface area contributed by atoms with Crippen molar-refractivity contribution < 1.29 is 9.53 Å². The lowest BCUT2D eigenvalue weighted by molar-refractivity contribution is 0.102. The van der Waals surface area contributed by atoms with Gasteiger partial charge in [-0.05, 0) is 30.3 Å². The first kappa shape index (κ1) is 17.2. The molecule has 0 aliphatic rings. The van der Waals surface area contributed by atoms with Gasteiger partial charge in [-0.1, -0.05) is 35.3 Å². The average Bonchev–Trinajstić information content (AvgIpc) is 2.47. The van der Waals surface area contributed by atoms with Crippen molar-refractivity contribution in [2.75, 3.05) is 24.8 Å². The minimum Gasteiger partial charge on any atom is -0.384 e. The molecule has 0 saturated heterocycles. The second kappa shape index (κ2) is 8.44. The Balaban J connectivity index is 2.15. The van der Waals surface area contributed by atoms with Crippen LogP contribution in [-0.4, -0.2) is 25.4 Å². The molecule has 2 rings (SSSR count). The molecule has 116 valence electrons. The number of halogens is 2. The Morgan fingerprint density at radius 1 is 1.18 bits per heavy atom. The lowest BCUT2D eigenvalue weighted by Gasteiger charge is -2.10. The van der Waals surface area contributed by atoms with Crippen molar-refractivity contribution >= 4 is 46.6 Å². The molecule has 6 heteroatoms. The fourth-order valence-electron chi connectivity index (χ4n) is 1.84. The van der Waals surface area contributed by atoms with E-state index in [9.17, 15) is 4.79 Å². The van der Waals surface area contributed by atoms with Crippen LogP contribution in [0.2, 0.25) is 10.0 Å². The summed E-state index contributed by atoms with van der Waals surface area (Å²) in [5, 5.41) is 3.77. The molecule has 0 atom stereocenters. The number of rotatable bonds is 6. The molecule has 2 aromatic rings. The van der Waals surface area contributed by atoms with Crippen LogP contribution in [0.25, 0.3) is 0 Å². The third-order valence-electron chi connectivity index (χ3n) is 2.80. The Labute approximate surface area is 144 Å². The predicted molar refractivity (Wildman–Crippen MR) is 93.5 cm³/mol. The Hall–Kier alpha value is -1.20. The number of hydrogen-bond acceptors (Lipinski definition) is 3. The zero-order valence-electron chi connectivity index (χ0n) is 11.9. The molecule has 0 heterocycles. The maximum Gasteiger partial charge on any atom is 0.256 e. The number of ether oxygens (including phenoxy) is 1. The summed E-state index contributed by atoms with van der Waals surface area (Å²) in [4.78, 5) is 13.4. The highest BCUT2D eigenvalue weighted by atomic mass is 35.5. The molecule has 0 spiro atoms. The van der Waals surface area contributed by atoms with E-state index in [-0.39, 0.29) is 5.91 Å². The number of carbonyl (C=O) groups is 1. The lowest BCUT2D eigenvalue weighted by Crippen LogP contribution is -2.13. The normalized spacial score (nSPS) is 10.5. The van der Waals surface area contributed by atoms with Crippen LogP contribution in [0.15, 0.2) is 47.4 Å². The van der Waals surface area contributed by atoms with Gasteiger partial charge in [0.05, 0.1) is 12.2 Å². The zero-order valence-corrected chi connectivity index (χ0v) is 14.3. The second-order valence-electron chi connectivity index (χ2n) is 4.45. The van der Waals surface area contributed by atoms with Gasteiger partial charge in [-0.25, -0.2) is 0 Å². The Bertz CT molecular complexity index is 644. The molecule has 0 aliphatic carbocycles. The molecular weight excluding hydrogens is 341 g/mol. The number of nitrogens with one attached hydrogen (secondary N) is 1. The largest absolute Gasteiger partial charge is 0.384 e. The molecule has 22 heavy (non-hydrogen) atoms. The maximum absolute atomic E-state index is 12.4. The van der Waals surface area contributed by atoms with Crippen molar-refractivity contribution in [1.82, 2.24) is 0 Å². The van der Waals surface area contributed by atoms with Crippen LogP contribution in [0.3, 0.4) is 0 Å². The number of methoxy groups -OCH3 is 1. The van der Waals surface area contributed by atoms with Gasteiger partial charge in [-0.3, -0.25) is 4.79 Å². The van der Waals surface area contributed by atoms with Crippen molar-refractivity contribution in [2.24, 2.45) is 0 Å². The van der Waals surface area contributed by atoms with Gasteiger partial charge in [0, 0.05) is 33.5 Å². The molecule has 2 aromatic carbocycles. The Kier molecular flexibility index (Phi) is 6.58. The molecule has 3 nitrogen and oxygen atoms in total. The molecule has 0 unspecified atom stereocenters. The summed E-state index contributed by atoms with van der Waals surface area (Å²) in [7, 11) is 1.65. The third-order valence-corrected chi connectivity index (χ3v) is 4.27. The van der Waals surface area contributed by atoms with E-state index in [4.69, 9.17) is 27.9 Å². The third kappa shape index (κ3) is 4.92. The second-order valence-corrected chi connectivity index (χ2v) is 6.46. The SMILES string of the molecule is COCCSc1ccccc1C(=O)Nc1cc(Cl)cc(Cl)c1. The summed E-state index contributed by atoms with van der Waals surface area (Å²) in [6, 6.07) is 12.4. The van der Waals surface area contributed by atoms with E-state index in [2.05, 4.69) is 5.32 Å². The summed E-state index contributed by atoms with van der Waals surface area (Å²) < 4.78 is 5.04. The molecule has 0 bridgehead atoms. The highest BCUT2D eigenvalue weighted by molar-refractivity contribution is 7.99. The van der Waals surface area contributed by atoms with Crippen LogP contribution in [-0.2, 0) is 4.74 Å². The lowest BCUT2D eigenvalue weighted by atomic mass is 10.2. The minimum absolute atomic E-state index is 0.196. The van der Waals surface area contributed by atoms with Crippen LogP contribution >= 0.6 is 35.0 Å². The fourth-order valence-corrected chi connectivity index (χ4v) is 3.33. The van der Waals surface area contributed by atoms with Gasteiger partial charge in [0.25, 0.3) is 5.91 Å². The average molecular weight is 356 g/mol. The monoisotopic (exact) mass is 355 g/mol. The van der Waals surface area contributed by atoms with Crippen LogP contribution in [0.1, 0.15) is 10.4 Å². The predicted octanol–water partition coefficient (Wildman–Crippen LogP) is 4.98. The van der Waals surface area contributed by atoms with E-state index < -0.39 is 0 Å². The molecule has 0 radical (unpaired) electrons. The van der Waals surface area contributed by atoms with Crippen LogP contribution in [0, 0.1) is 0 Å². The first-order valence-electron chi connectivity index (χ1n) is 6.58. The van der Waals surface area contributed by atoms with E-state index in [1.54, 1.807) is 43.1 Å². The highest BCUT2D eigenvalue weighted by Gasteiger charge is 2.12. The standard InChI is InChI=1S/C16H15Cl2NO2S/c1-21-6-7-22-15-5-3-2-4-14(15)16(20)19-13-9-11(17)8-12(18)10-13/h2-5,8-10H,6-7H2,1H3,(H,19,20). The fraction of sp³-hybridized carbons (Fsp3) is 0.188. The van der Waals surface area contributed by atoms with Crippen LogP contribution in [0.5, 0.6) is 0 Å². The van der Waals surface area contributed by atoms with Crippen molar-refractivity contribution in [3.8, 4) is 0 Å². The maximum atomic E-state index is 12.4. The number of carbonyl (C=O) groups excluding carboxylic acids is 1. The number of benzene rings is 2. The molecule has 1 N–H and O–H groups in total. The summed E-state index contributed by atoms with van der Waals surface area (Å²) in [5.74, 6) is 0.586. The summed E-state index contributed by atoms with van der Waals surface area (Å²) in [5.41, 5.74) is 1.18. The van der Waals surface area contributed by atoms with Gasteiger partial charge in [0.1, 0.15) is 0 Å². The quantitative estimate of drug-likeness (QED) is 0.586. The van der Waals surface area contributed by atoms with E-state index in [0.717, 1.165) is 10.6 Å². The van der Waals surface area contributed by atoms with Crippen molar-refractivity contribution in [1.29, 1.82) is 0 Å². The molecular formula is C16H15Cl2NO2S. The Morgan fingerprint density at radius 2 is 1.86 bits per heavy atom. The summed E-state index contributed by atoms with van der Waals surface area (Å²) in [6.45, 7) is 0.629. The van der Waals surface area contributed by atoms with Gasteiger partial charge in [0.15, 0.2) is 0 Å². The first-order chi connectivity index (χ1) is 10.6. The van der Waals surface area contributed by atoms with Crippen LogP contribution in [0.4, 0.5) is 5.69 Å². The first-order valence-corrected chi connectivity index (χ1v) is 8.32. The molecule has 1 amide bonds. The number of anilines is 1. The molecule has 0 saturated carbocycles. The van der Waals surface area contributed by atoms with Gasteiger partial charge in [-0.2, -0.15) is 0 Å². The van der Waals surface area contributed by atoms with Gasteiger partial charge < -0.3 is 10.1 Å².